The van der Waals surface area contributed by atoms with Crippen molar-refractivity contribution >= 4 is 0 Å². The highest BCUT2D eigenvalue weighted by Gasteiger charge is 2.37. The zero-order valence-electron chi connectivity index (χ0n) is 17.6. The summed E-state index contributed by atoms with van der Waals surface area (Å²) in [4.78, 5) is 13.0. The van der Waals surface area contributed by atoms with E-state index >= 15 is 0 Å². The van der Waals surface area contributed by atoms with Crippen LogP contribution in [0.4, 0.5) is 0 Å². The molecule has 3 heteroatoms. The van der Waals surface area contributed by atoms with E-state index in [4.69, 9.17) is 4.42 Å². The molecule has 2 fully saturated rings. The Morgan fingerprint density at radius 3 is 2.41 bits per heavy atom. The molecule has 0 amide bonds. The Hall–Kier alpha value is -2.03. The van der Waals surface area contributed by atoms with Gasteiger partial charge in [0.1, 0.15) is 11.5 Å². The molecule has 3 nitrogen and oxygen atoms in total. The van der Waals surface area contributed by atoms with E-state index in [0.717, 1.165) is 37.2 Å². The summed E-state index contributed by atoms with van der Waals surface area (Å²) in [7, 11) is 0. The Kier molecular flexibility index (Phi) is 6.42. The summed E-state index contributed by atoms with van der Waals surface area (Å²) in [6.45, 7) is 2.15. The maximum atomic E-state index is 13.0. The Labute approximate surface area is 174 Å². The lowest BCUT2D eigenvalue weighted by Crippen LogP contribution is -2.17. The fourth-order valence-corrected chi connectivity index (χ4v) is 5.22. The maximum absolute atomic E-state index is 13.0. The molecule has 1 N–H and O–H groups in total. The van der Waals surface area contributed by atoms with Crippen LogP contribution in [0.3, 0.4) is 0 Å². The van der Waals surface area contributed by atoms with Crippen LogP contribution >= 0.6 is 0 Å². The molecule has 156 valence electrons. The minimum atomic E-state index is -0.350. The van der Waals surface area contributed by atoms with E-state index in [2.05, 4.69) is 19.1 Å². The van der Waals surface area contributed by atoms with Crippen molar-refractivity contribution in [1.82, 2.24) is 0 Å². The van der Waals surface area contributed by atoms with E-state index < -0.39 is 0 Å². The van der Waals surface area contributed by atoms with Gasteiger partial charge in [0.15, 0.2) is 0 Å². The molecule has 4 rings (SSSR count). The fourth-order valence-electron chi connectivity index (χ4n) is 5.22. The summed E-state index contributed by atoms with van der Waals surface area (Å²) in [5.41, 5.74) is 1.19. The number of benzene rings is 1. The molecule has 2 aromatic rings. The lowest BCUT2D eigenvalue weighted by molar-refractivity contribution is 0.306. The monoisotopic (exact) mass is 394 g/mol. The number of hydrogen-bond donors (Lipinski definition) is 1. The first kappa shape index (κ1) is 20.3. The van der Waals surface area contributed by atoms with Gasteiger partial charge in [-0.25, -0.2) is 4.79 Å². The molecular weight excluding hydrogens is 360 g/mol. The predicted molar refractivity (Wildman–Crippen MR) is 116 cm³/mol. The van der Waals surface area contributed by atoms with Crippen LogP contribution in [0.1, 0.15) is 99.9 Å². The summed E-state index contributed by atoms with van der Waals surface area (Å²) in [6, 6.07) is 11.8. The third kappa shape index (κ3) is 4.76. The second kappa shape index (κ2) is 9.19. The second-order valence-electron chi connectivity index (χ2n) is 9.15. The minimum Gasteiger partial charge on any atom is -0.507 e. The molecule has 0 bridgehead atoms. The first-order chi connectivity index (χ1) is 14.2. The van der Waals surface area contributed by atoms with Gasteiger partial charge in [0.2, 0.25) is 0 Å². The number of rotatable bonds is 8. The molecule has 2 saturated carbocycles. The average Bonchev–Trinajstić information content (AvgIpc) is 3.57. The zero-order valence-corrected chi connectivity index (χ0v) is 17.6. The van der Waals surface area contributed by atoms with E-state index in [9.17, 15) is 9.90 Å². The molecular formula is C26H34O3. The standard InChI is InChI=1S/C26H34O3/c1-2-19(14-13-18-9-5-3-6-10-18)23-17-22(27)25(26(28)29-23)24(21-15-16-21)20-11-7-4-8-12-20/h4,7-8,11-12,17-19,21,24,27H,2-3,5-6,9-10,13-16H2,1H3. The van der Waals surface area contributed by atoms with E-state index in [1.54, 1.807) is 6.07 Å². The van der Waals surface area contributed by atoms with Gasteiger partial charge in [0.05, 0.1) is 5.56 Å². The fraction of sp³-hybridized carbons (Fsp3) is 0.577. The van der Waals surface area contributed by atoms with Crippen LogP contribution < -0.4 is 5.63 Å². The van der Waals surface area contributed by atoms with Crippen LogP contribution in [0.25, 0.3) is 0 Å². The van der Waals surface area contributed by atoms with Gasteiger partial charge in [-0.15, -0.1) is 0 Å². The molecule has 0 aliphatic heterocycles. The molecule has 29 heavy (non-hydrogen) atoms. The van der Waals surface area contributed by atoms with Crippen molar-refractivity contribution in [3.63, 3.8) is 0 Å². The summed E-state index contributed by atoms with van der Waals surface area (Å²) in [5, 5.41) is 10.9. The number of hydrogen-bond acceptors (Lipinski definition) is 3. The van der Waals surface area contributed by atoms with Crippen LogP contribution in [-0.4, -0.2) is 5.11 Å². The molecule has 2 unspecified atom stereocenters. The molecule has 0 spiro atoms. The third-order valence-electron chi connectivity index (χ3n) is 7.09. The van der Waals surface area contributed by atoms with Crippen molar-refractivity contribution in [3.05, 3.63) is 63.7 Å². The third-order valence-corrected chi connectivity index (χ3v) is 7.09. The average molecular weight is 395 g/mol. The summed E-state index contributed by atoms with van der Waals surface area (Å²) in [5.74, 6) is 2.16. The Morgan fingerprint density at radius 2 is 1.79 bits per heavy atom. The SMILES string of the molecule is CCC(CCC1CCCCC1)c1cc(O)c(C(c2ccccc2)C2CC2)c(=O)o1. The Bertz CT molecular complexity index is 844. The van der Waals surface area contributed by atoms with Crippen molar-refractivity contribution in [3.8, 4) is 5.75 Å². The highest BCUT2D eigenvalue weighted by Crippen LogP contribution is 2.47. The summed E-state index contributed by atoms with van der Waals surface area (Å²) >= 11 is 0. The van der Waals surface area contributed by atoms with Crippen molar-refractivity contribution < 1.29 is 9.52 Å². The summed E-state index contributed by atoms with van der Waals surface area (Å²) in [6.07, 6.45) is 12.1. The van der Waals surface area contributed by atoms with Crippen LogP contribution in [0.15, 0.2) is 45.6 Å². The predicted octanol–water partition coefficient (Wildman–Crippen LogP) is 6.74. The van der Waals surface area contributed by atoms with E-state index in [0.29, 0.717) is 17.2 Å². The Balaban J connectivity index is 1.56. The normalized spacial score (nSPS) is 19.8. The first-order valence-corrected chi connectivity index (χ1v) is 11.6. The molecule has 1 aromatic heterocycles. The van der Waals surface area contributed by atoms with Gasteiger partial charge in [-0.1, -0.05) is 69.4 Å². The number of aromatic hydroxyl groups is 1. The minimum absolute atomic E-state index is 0.0659. The molecule has 0 saturated heterocycles. The second-order valence-corrected chi connectivity index (χ2v) is 9.15. The van der Waals surface area contributed by atoms with Crippen molar-refractivity contribution in [2.75, 3.05) is 0 Å². The van der Waals surface area contributed by atoms with Crippen molar-refractivity contribution in [1.29, 1.82) is 0 Å². The molecule has 2 aliphatic rings. The van der Waals surface area contributed by atoms with Gasteiger partial charge in [-0.05, 0) is 49.5 Å². The lowest BCUT2D eigenvalue weighted by atomic mass is 9.83. The van der Waals surface area contributed by atoms with Gasteiger partial charge in [-0.2, -0.15) is 0 Å². The largest absolute Gasteiger partial charge is 0.507 e. The molecule has 2 aliphatic carbocycles. The molecule has 1 aromatic carbocycles. The molecule has 2 atom stereocenters. The van der Waals surface area contributed by atoms with Crippen LogP contribution in [0, 0.1) is 11.8 Å². The van der Waals surface area contributed by atoms with Gasteiger partial charge in [-0.3, -0.25) is 0 Å². The highest BCUT2D eigenvalue weighted by molar-refractivity contribution is 5.41. The maximum Gasteiger partial charge on any atom is 0.343 e. The lowest BCUT2D eigenvalue weighted by Gasteiger charge is -2.24. The van der Waals surface area contributed by atoms with Crippen molar-refractivity contribution in [2.45, 2.75) is 83.0 Å². The van der Waals surface area contributed by atoms with Gasteiger partial charge < -0.3 is 9.52 Å². The highest BCUT2D eigenvalue weighted by atomic mass is 16.4. The van der Waals surface area contributed by atoms with E-state index in [1.807, 2.05) is 18.2 Å². The topological polar surface area (TPSA) is 50.4 Å². The van der Waals surface area contributed by atoms with E-state index in [1.165, 1.54) is 38.5 Å². The van der Waals surface area contributed by atoms with Gasteiger partial charge in [0.25, 0.3) is 0 Å². The molecule has 0 radical (unpaired) electrons. The quantitative estimate of drug-likeness (QED) is 0.539. The Morgan fingerprint density at radius 1 is 1.07 bits per heavy atom. The van der Waals surface area contributed by atoms with Gasteiger partial charge >= 0.3 is 5.63 Å². The van der Waals surface area contributed by atoms with Crippen molar-refractivity contribution in [2.24, 2.45) is 11.8 Å². The molecule has 1 heterocycles. The first-order valence-electron chi connectivity index (χ1n) is 11.6. The smallest absolute Gasteiger partial charge is 0.343 e. The zero-order chi connectivity index (χ0) is 20.2. The van der Waals surface area contributed by atoms with E-state index in [-0.39, 0.29) is 23.2 Å². The van der Waals surface area contributed by atoms with Crippen LogP contribution in [-0.2, 0) is 0 Å². The van der Waals surface area contributed by atoms with Crippen LogP contribution in [0.5, 0.6) is 5.75 Å². The summed E-state index contributed by atoms with van der Waals surface area (Å²) < 4.78 is 5.85. The van der Waals surface area contributed by atoms with Crippen LogP contribution in [0.2, 0.25) is 0 Å². The van der Waals surface area contributed by atoms with Gasteiger partial charge in [0, 0.05) is 17.9 Å².